The fourth-order valence-electron chi connectivity index (χ4n) is 2.74. The average molecular weight is 358 g/mol. The van der Waals surface area contributed by atoms with Crippen LogP contribution in [0.25, 0.3) is 0 Å². The molecule has 2 rings (SSSR count). The van der Waals surface area contributed by atoms with Gasteiger partial charge in [-0.2, -0.15) is 0 Å². The number of halogens is 1. The summed E-state index contributed by atoms with van der Waals surface area (Å²) in [6, 6.07) is 14.4. The van der Waals surface area contributed by atoms with Crippen LogP contribution in [0.4, 0.5) is 10.1 Å². The number of benzene rings is 2. The Balaban J connectivity index is 2.16. The molecule has 2 amide bonds. The highest BCUT2D eigenvalue weighted by atomic mass is 19.1. The van der Waals surface area contributed by atoms with Crippen LogP contribution >= 0.6 is 0 Å². The third-order valence-corrected chi connectivity index (χ3v) is 4.01. The summed E-state index contributed by atoms with van der Waals surface area (Å²) in [5, 5.41) is 5.64. The number of hydrogen-bond acceptors (Lipinski definition) is 2. The van der Waals surface area contributed by atoms with E-state index < -0.39 is 6.04 Å². The second-order valence-electron chi connectivity index (χ2n) is 6.21. The molecule has 0 aromatic heterocycles. The molecule has 0 saturated carbocycles. The molecule has 138 valence electrons. The predicted molar refractivity (Wildman–Crippen MR) is 99.3 cm³/mol. The standard InChI is InChI=1S/C20H24FN3O2/c1-3-13-22-18(25)14-24(2)19(15-7-5-4-6-8-15)20(26)23-17-11-9-16(21)10-12-17/h4-12,19H,3,13-14H2,1-2H3,(H,22,25)(H,23,26)/p+1/t19-/m0/s1. The Morgan fingerprint density at radius 1 is 1.08 bits per heavy atom. The maximum Gasteiger partial charge on any atom is 0.287 e. The quantitative estimate of drug-likeness (QED) is 0.670. The zero-order valence-corrected chi connectivity index (χ0v) is 15.1. The largest absolute Gasteiger partial charge is 0.351 e. The molecule has 1 unspecified atom stereocenters. The van der Waals surface area contributed by atoms with Gasteiger partial charge in [0.05, 0.1) is 7.05 Å². The molecule has 0 aliphatic carbocycles. The lowest BCUT2D eigenvalue weighted by atomic mass is 10.0. The Morgan fingerprint density at radius 2 is 1.73 bits per heavy atom. The molecule has 2 atom stereocenters. The van der Waals surface area contributed by atoms with Gasteiger partial charge >= 0.3 is 0 Å². The van der Waals surface area contributed by atoms with E-state index in [1.807, 2.05) is 44.3 Å². The summed E-state index contributed by atoms with van der Waals surface area (Å²) in [6.07, 6.45) is 0.859. The van der Waals surface area contributed by atoms with Gasteiger partial charge in [-0.3, -0.25) is 9.59 Å². The lowest BCUT2D eigenvalue weighted by Crippen LogP contribution is -3.11. The van der Waals surface area contributed by atoms with Gasteiger partial charge in [-0.05, 0) is 30.7 Å². The van der Waals surface area contributed by atoms with Gasteiger partial charge in [0, 0.05) is 17.8 Å². The van der Waals surface area contributed by atoms with Crippen molar-refractivity contribution >= 4 is 17.5 Å². The van der Waals surface area contributed by atoms with Gasteiger partial charge in [-0.1, -0.05) is 37.3 Å². The normalized spacial score (nSPS) is 12.9. The first-order valence-corrected chi connectivity index (χ1v) is 8.71. The van der Waals surface area contributed by atoms with Crippen molar-refractivity contribution in [2.24, 2.45) is 0 Å². The van der Waals surface area contributed by atoms with Gasteiger partial charge in [0.1, 0.15) is 5.82 Å². The maximum absolute atomic E-state index is 13.1. The van der Waals surface area contributed by atoms with E-state index in [4.69, 9.17) is 0 Å². The average Bonchev–Trinajstić information content (AvgIpc) is 2.63. The Labute approximate surface area is 153 Å². The minimum absolute atomic E-state index is 0.0973. The van der Waals surface area contributed by atoms with Crippen LogP contribution in [0.5, 0.6) is 0 Å². The Bertz CT molecular complexity index is 720. The van der Waals surface area contributed by atoms with Gasteiger partial charge in [0.15, 0.2) is 12.6 Å². The van der Waals surface area contributed by atoms with E-state index >= 15 is 0 Å². The van der Waals surface area contributed by atoms with Gasteiger partial charge in [0.25, 0.3) is 11.8 Å². The van der Waals surface area contributed by atoms with Gasteiger partial charge in [0.2, 0.25) is 0 Å². The van der Waals surface area contributed by atoms with Crippen molar-refractivity contribution in [2.75, 3.05) is 25.5 Å². The van der Waals surface area contributed by atoms with Crippen molar-refractivity contribution in [2.45, 2.75) is 19.4 Å². The second-order valence-corrected chi connectivity index (χ2v) is 6.21. The third kappa shape index (κ3) is 5.67. The highest BCUT2D eigenvalue weighted by Gasteiger charge is 2.30. The molecule has 0 fully saturated rings. The summed E-state index contributed by atoms with van der Waals surface area (Å²) < 4.78 is 13.1. The molecule has 2 aromatic carbocycles. The number of anilines is 1. The maximum atomic E-state index is 13.1. The van der Waals surface area contributed by atoms with E-state index in [-0.39, 0.29) is 24.2 Å². The molecule has 0 bridgehead atoms. The Hall–Kier alpha value is -2.73. The van der Waals surface area contributed by atoms with Gasteiger partial charge in [-0.15, -0.1) is 0 Å². The smallest absolute Gasteiger partial charge is 0.287 e. The SMILES string of the molecule is CCCNC(=O)C[NH+](C)[C@H](C(=O)Nc1ccc(F)cc1)c1ccccc1. The number of nitrogens with one attached hydrogen (secondary N) is 3. The van der Waals surface area contributed by atoms with Gasteiger partial charge in [-0.25, -0.2) is 4.39 Å². The molecule has 0 aliphatic rings. The monoisotopic (exact) mass is 358 g/mol. The first kappa shape index (κ1) is 19.6. The number of hydrogen-bond donors (Lipinski definition) is 3. The molecule has 26 heavy (non-hydrogen) atoms. The van der Waals surface area contributed by atoms with E-state index in [1.165, 1.54) is 24.3 Å². The van der Waals surface area contributed by atoms with Crippen LogP contribution in [-0.2, 0) is 9.59 Å². The van der Waals surface area contributed by atoms with E-state index in [0.29, 0.717) is 12.2 Å². The van der Waals surface area contributed by atoms with Crippen LogP contribution in [-0.4, -0.2) is 32.0 Å². The van der Waals surface area contributed by atoms with Crippen LogP contribution in [0.3, 0.4) is 0 Å². The number of likely N-dealkylation sites (N-methyl/N-ethyl adjacent to an activating group) is 1. The van der Waals surface area contributed by atoms with E-state index in [9.17, 15) is 14.0 Å². The molecule has 0 radical (unpaired) electrons. The van der Waals surface area contributed by atoms with Crippen molar-refractivity contribution in [3.05, 3.63) is 66.0 Å². The number of carbonyl (C=O) groups is 2. The van der Waals surface area contributed by atoms with Crippen LogP contribution in [0.15, 0.2) is 54.6 Å². The molecule has 0 saturated heterocycles. The fourth-order valence-corrected chi connectivity index (χ4v) is 2.74. The Morgan fingerprint density at radius 3 is 2.35 bits per heavy atom. The molecule has 0 aliphatic heterocycles. The van der Waals surface area contributed by atoms with Crippen molar-refractivity contribution < 1.29 is 18.9 Å². The first-order valence-electron chi connectivity index (χ1n) is 8.71. The minimum Gasteiger partial charge on any atom is -0.351 e. The summed E-state index contributed by atoms with van der Waals surface area (Å²) >= 11 is 0. The fraction of sp³-hybridized carbons (Fsp3) is 0.300. The molecule has 6 heteroatoms. The Kier molecular flexibility index (Phi) is 7.29. The molecular weight excluding hydrogens is 333 g/mol. The number of rotatable bonds is 8. The summed E-state index contributed by atoms with van der Waals surface area (Å²) in [5.74, 6) is -0.707. The number of carbonyl (C=O) groups excluding carboxylic acids is 2. The van der Waals surface area contributed by atoms with Crippen LogP contribution in [0.2, 0.25) is 0 Å². The molecule has 5 nitrogen and oxygen atoms in total. The molecule has 2 aromatic rings. The van der Waals surface area contributed by atoms with E-state index in [0.717, 1.165) is 16.9 Å². The van der Waals surface area contributed by atoms with E-state index in [1.54, 1.807) is 0 Å². The lowest BCUT2D eigenvalue weighted by Gasteiger charge is -2.24. The van der Waals surface area contributed by atoms with Crippen molar-refractivity contribution in [1.82, 2.24) is 5.32 Å². The molecule has 0 spiro atoms. The van der Waals surface area contributed by atoms with E-state index in [2.05, 4.69) is 10.6 Å². The molecule has 3 N–H and O–H groups in total. The summed E-state index contributed by atoms with van der Waals surface area (Å²) in [4.78, 5) is 25.7. The van der Waals surface area contributed by atoms with Crippen LogP contribution < -0.4 is 15.5 Å². The molecule has 0 heterocycles. The summed E-state index contributed by atoms with van der Waals surface area (Å²) in [6.45, 7) is 2.78. The van der Waals surface area contributed by atoms with Crippen molar-refractivity contribution in [3.63, 3.8) is 0 Å². The summed E-state index contributed by atoms with van der Waals surface area (Å²) in [5.41, 5.74) is 1.33. The first-order chi connectivity index (χ1) is 12.5. The highest BCUT2D eigenvalue weighted by Crippen LogP contribution is 2.14. The third-order valence-electron chi connectivity index (χ3n) is 4.01. The summed E-state index contributed by atoms with van der Waals surface area (Å²) in [7, 11) is 1.81. The van der Waals surface area contributed by atoms with Crippen LogP contribution in [0, 0.1) is 5.82 Å². The highest BCUT2D eigenvalue weighted by molar-refractivity contribution is 5.94. The zero-order chi connectivity index (χ0) is 18.9. The van der Waals surface area contributed by atoms with Crippen molar-refractivity contribution in [1.29, 1.82) is 0 Å². The number of quaternary nitrogens is 1. The lowest BCUT2D eigenvalue weighted by molar-refractivity contribution is -0.894. The van der Waals surface area contributed by atoms with Crippen LogP contribution in [0.1, 0.15) is 24.9 Å². The number of amides is 2. The minimum atomic E-state index is -0.561. The predicted octanol–water partition coefficient (Wildman–Crippen LogP) is 1.55. The second kappa shape index (κ2) is 9.68. The van der Waals surface area contributed by atoms with Gasteiger partial charge < -0.3 is 15.5 Å². The molecular formula is C20H25FN3O2+. The van der Waals surface area contributed by atoms with Crippen molar-refractivity contribution in [3.8, 4) is 0 Å². The zero-order valence-electron chi connectivity index (χ0n) is 15.1. The topological polar surface area (TPSA) is 62.6 Å².